The monoisotopic (exact) mass is 379 g/mol. The molecular weight excluding hydrogens is 366 g/mol. The van der Waals surface area contributed by atoms with Gasteiger partial charge in [-0.2, -0.15) is 0 Å². The van der Waals surface area contributed by atoms with Gasteiger partial charge in [0.2, 0.25) is 0 Å². The number of nitrogen functional groups attached to an aromatic ring is 1. The van der Waals surface area contributed by atoms with Crippen molar-refractivity contribution in [3.05, 3.63) is 57.1 Å². The van der Waals surface area contributed by atoms with E-state index in [1.165, 1.54) is 31.2 Å². The average Bonchev–Trinajstić information content (AvgIpc) is 2.58. The van der Waals surface area contributed by atoms with Gasteiger partial charge < -0.3 is 20.9 Å². The molecule has 1 atom stereocenters. The van der Waals surface area contributed by atoms with Crippen molar-refractivity contribution in [2.75, 3.05) is 11.1 Å². The minimum absolute atomic E-state index is 0.0386. The number of anilines is 2. The van der Waals surface area contributed by atoms with Crippen LogP contribution in [0, 0.1) is 10.1 Å². The van der Waals surface area contributed by atoms with Gasteiger partial charge in [0.1, 0.15) is 5.75 Å². The number of halogens is 1. The number of nitrogens with one attached hydrogen (secondary N) is 1. The number of ether oxygens (including phenoxy) is 1. The lowest BCUT2D eigenvalue weighted by atomic mass is 10.1. The number of rotatable bonds is 5. The Bertz CT molecular complexity index is 886. The van der Waals surface area contributed by atoms with Gasteiger partial charge in [-0.25, -0.2) is 4.79 Å². The van der Waals surface area contributed by atoms with Crippen molar-refractivity contribution in [2.45, 2.75) is 13.0 Å². The summed E-state index contributed by atoms with van der Waals surface area (Å²) >= 11 is 5.89. The van der Waals surface area contributed by atoms with E-state index in [4.69, 9.17) is 22.1 Å². The summed E-state index contributed by atoms with van der Waals surface area (Å²) in [7, 11) is 0. The molecule has 0 saturated carbocycles. The van der Waals surface area contributed by atoms with Crippen molar-refractivity contribution in [3.8, 4) is 5.75 Å². The summed E-state index contributed by atoms with van der Waals surface area (Å²) in [5.74, 6) is -1.77. The third-order valence-electron chi connectivity index (χ3n) is 3.33. The topological polar surface area (TPSA) is 145 Å². The number of hydrogen-bond acceptors (Lipinski definition) is 7. The number of esters is 1. The molecule has 0 aliphatic heterocycles. The number of phenols is 1. The van der Waals surface area contributed by atoms with Gasteiger partial charge in [0, 0.05) is 17.8 Å². The SMILES string of the molecule is CC(OC(=O)c1cc(O)ccc1N)C(=O)Nc1ccc([N+](=O)[O-])cc1Cl. The normalized spacial score (nSPS) is 11.5. The fourth-order valence-corrected chi connectivity index (χ4v) is 2.17. The first-order valence-corrected chi connectivity index (χ1v) is 7.61. The lowest BCUT2D eigenvalue weighted by molar-refractivity contribution is -0.384. The summed E-state index contributed by atoms with van der Waals surface area (Å²) < 4.78 is 5.01. The zero-order valence-corrected chi connectivity index (χ0v) is 14.2. The van der Waals surface area contributed by atoms with E-state index < -0.39 is 22.9 Å². The Balaban J connectivity index is 2.07. The Morgan fingerprint density at radius 2 is 2.00 bits per heavy atom. The lowest BCUT2D eigenvalue weighted by Gasteiger charge is -2.15. The quantitative estimate of drug-likeness (QED) is 0.238. The van der Waals surface area contributed by atoms with Crippen LogP contribution in [-0.4, -0.2) is 28.0 Å². The van der Waals surface area contributed by atoms with Crippen LogP contribution in [0.3, 0.4) is 0 Å². The first-order valence-electron chi connectivity index (χ1n) is 7.23. The van der Waals surface area contributed by atoms with Crippen LogP contribution in [0.2, 0.25) is 5.02 Å². The zero-order chi connectivity index (χ0) is 19.4. The number of benzene rings is 2. The second kappa shape index (κ2) is 7.70. The van der Waals surface area contributed by atoms with E-state index in [0.29, 0.717) is 0 Å². The van der Waals surface area contributed by atoms with Gasteiger partial charge in [0.25, 0.3) is 11.6 Å². The molecule has 4 N–H and O–H groups in total. The molecular formula is C16H14ClN3O6. The average molecular weight is 380 g/mol. The fourth-order valence-electron chi connectivity index (χ4n) is 1.95. The third kappa shape index (κ3) is 4.39. The van der Waals surface area contributed by atoms with Gasteiger partial charge in [0.05, 0.1) is 21.2 Å². The highest BCUT2D eigenvalue weighted by atomic mass is 35.5. The molecule has 0 spiro atoms. The van der Waals surface area contributed by atoms with Crippen LogP contribution in [0.4, 0.5) is 17.1 Å². The van der Waals surface area contributed by atoms with Gasteiger partial charge in [0.15, 0.2) is 6.10 Å². The molecule has 10 heteroatoms. The highest BCUT2D eigenvalue weighted by molar-refractivity contribution is 6.34. The number of non-ortho nitro benzene ring substituents is 1. The van der Waals surface area contributed by atoms with E-state index in [9.17, 15) is 24.8 Å². The van der Waals surface area contributed by atoms with E-state index >= 15 is 0 Å². The molecule has 0 saturated heterocycles. The second-order valence-electron chi connectivity index (χ2n) is 5.23. The van der Waals surface area contributed by atoms with Gasteiger partial charge in [-0.1, -0.05) is 11.6 Å². The molecule has 2 aromatic rings. The first kappa shape index (κ1) is 19.0. The van der Waals surface area contributed by atoms with Crippen molar-refractivity contribution in [1.82, 2.24) is 0 Å². The molecule has 2 rings (SSSR count). The molecule has 0 aromatic heterocycles. The maximum atomic E-state index is 12.1. The highest BCUT2D eigenvalue weighted by Crippen LogP contribution is 2.27. The van der Waals surface area contributed by atoms with Crippen LogP contribution in [0.25, 0.3) is 0 Å². The van der Waals surface area contributed by atoms with Gasteiger partial charge in [-0.3, -0.25) is 14.9 Å². The van der Waals surface area contributed by atoms with Crippen molar-refractivity contribution in [1.29, 1.82) is 0 Å². The van der Waals surface area contributed by atoms with Gasteiger partial charge >= 0.3 is 5.97 Å². The summed E-state index contributed by atoms with van der Waals surface area (Å²) in [6.07, 6.45) is -1.21. The lowest BCUT2D eigenvalue weighted by Crippen LogP contribution is -2.30. The highest BCUT2D eigenvalue weighted by Gasteiger charge is 2.22. The minimum Gasteiger partial charge on any atom is -0.508 e. The van der Waals surface area contributed by atoms with Crippen LogP contribution < -0.4 is 11.1 Å². The Morgan fingerprint density at radius 1 is 1.31 bits per heavy atom. The maximum Gasteiger partial charge on any atom is 0.341 e. The second-order valence-corrected chi connectivity index (χ2v) is 5.64. The van der Waals surface area contributed by atoms with Crippen LogP contribution in [0.15, 0.2) is 36.4 Å². The summed E-state index contributed by atoms with van der Waals surface area (Å²) in [6, 6.07) is 7.27. The Labute approximate surface area is 152 Å². The number of nitrogens with two attached hydrogens (primary N) is 1. The number of phenolic OH excluding ortho intramolecular Hbond substituents is 1. The summed E-state index contributed by atoms with van der Waals surface area (Å²) in [4.78, 5) is 34.3. The summed E-state index contributed by atoms with van der Waals surface area (Å²) in [5.41, 5.74) is 5.53. The molecule has 2 aromatic carbocycles. The molecule has 9 nitrogen and oxygen atoms in total. The molecule has 0 bridgehead atoms. The number of nitro benzene ring substituents is 1. The van der Waals surface area contributed by atoms with E-state index in [-0.39, 0.29) is 33.4 Å². The predicted octanol–water partition coefficient (Wildman–Crippen LogP) is 2.72. The zero-order valence-electron chi connectivity index (χ0n) is 13.4. The molecule has 0 fully saturated rings. The van der Waals surface area contributed by atoms with Crippen LogP contribution in [0.1, 0.15) is 17.3 Å². The van der Waals surface area contributed by atoms with E-state index in [1.54, 1.807) is 0 Å². The molecule has 136 valence electrons. The largest absolute Gasteiger partial charge is 0.508 e. The van der Waals surface area contributed by atoms with Crippen molar-refractivity contribution < 1.29 is 24.4 Å². The van der Waals surface area contributed by atoms with E-state index in [2.05, 4.69) is 5.32 Å². The minimum atomic E-state index is -1.21. The maximum absolute atomic E-state index is 12.1. The number of nitro groups is 1. The number of hydrogen-bond donors (Lipinski definition) is 3. The number of amides is 1. The van der Waals surface area contributed by atoms with Crippen molar-refractivity contribution >= 4 is 40.5 Å². The van der Waals surface area contributed by atoms with E-state index in [1.807, 2.05) is 0 Å². The van der Waals surface area contributed by atoms with Gasteiger partial charge in [-0.15, -0.1) is 0 Å². The Kier molecular flexibility index (Phi) is 5.63. The first-order chi connectivity index (χ1) is 12.2. The van der Waals surface area contributed by atoms with Crippen LogP contribution >= 0.6 is 11.6 Å². The molecule has 0 aliphatic rings. The molecule has 0 aliphatic carbocycles. The molecule has 0 heterocycles. The van der Waals surface area contributed by atoms with Crippen LogP contribution in [-0.2, 0) is 9.53 Å². The fraction of sp³-hybridized carbons (Fsp3) is 0.125. The predicted molar refractivity (Wildman–Crippen MR) is 94.1 cm³/mol. The van der Waals surface area contributed by atoms with Gasteiger partial charge in [-0.05, 0) is 31.2 Å². The molecule has 0 radical (unpaired) electrons. The summed E-state index contributed by atoms with van der Waals surface area (Å²) in [5, 5.41) is 22.5. The number of carbonyl (C=O) groups is 2. The van der Waals surface area contributed by atoms with Crippen molar-refractivity contribution in [2.24, 2.45) is 0 Å². The third-order valence-corrected chi connectivity index (χ3v) is 3.64. The van der Waals surface area contributed by atoms with Crippen LogP contribution in [0.5, 0.6) is 5.75 Å². The number of carbonyl (C=O) groups excluding carboxylic acids is 2. The molecule has 26 heavy (non-hydrogen) atoms. The summed E-state index contributed by atoms with van der Waals surface area (Å²) in [6.45, 7) is 1.32. The number of aromatic hydroxyl groups is 1. The molecule has 1 unspecified atom stereocenters. The Morgan fingerprint density at radius 3 is 2.62 bits per heavy atom. The van der Waals surface area contributed by atoms with Crippen molar-refractivity contribution in [3.63, 3.8) is 0 Å². The van der Waals surface area contributed by atoms with E-state index in [0.717, 1.165) is 12.1 Å². The molecule has 1 amide bonds. The Hall–Kier alpha value is -3.33. The smallest absolute Gasteiger partial charge is 0.341 e. The number of nitrogens with zero attached hydrogens (tertiary/aromatic N) is 1. The standard InChI is InChI=1S/C16H14ClN3O6/c1-8(26-16(23)11-7-10(21)3-4-13(11)18)15(22)19-14-5-2-9(20(24)25)6-12(14)17/h2-8,21H,18H2,1H3,(H,19,22).